The summed E-state index contributed by atoms with van der Waals surface area (Å²) in [6.45, 7) is 8.64. The van der Waals surface area contributed by atoms with Crippen molar-refractivity contribution in [1.82, 2.24) is 5.32 Å². The molecular weight excluding hydrogens is 1070 g/mol. The monoisotopic (exact) mass is 1160 g/mol. The van der Waals surface area contributed by atoms with Crippen molar-refractivity contribution in [1.29, 1.82) is 0 Å². The summed E-state index contributed by atoms with van der Waals surface area (Å²) < 4.78 is 61.5. The minimum atomic E-state index is -1.16. The molecule has 85 heavy (non-hydrogen) atoms. The second kappa shape index (κ2) is 38.0. The summed E-state index contributed by atoms with van der Waals surface area (Å²) in [4.78, 5) is 28.0. The van der Waals surface area contributed by atoms with E-state index >= 15 is 0 Å². The van der Waals surface area contributed by atoms with Gasteiger partial charge in [-0.2, -0.15) is 0 Å². The van der Waals surface area contributed by atoms with Gasteiger partial charge in [0.25, 0.3) is 0 Å². The van der Waals surface area contributed by atoms with Gasteiger partial charge in [0.15, 0.2) is 6.29 Å². The van der Waals surface area contributed by atoms with Crippen LogP contribution in [0.5, 0.6) is 0 Å². The van der Waals surface area contributed by atoms with Gasteiger partial charge < -0.3 is 47.9 Å². The molecule has 0 spiro atoms. The van der Waals surface area contributed by atoms with Gasteiger partial charge in [-0.3, -0.25) is 4.79 Å². The average molecular weight is 1160 g/mol. The van der Waals surface area contributed by atoms with Crippen LogP contribution < -0.4 is 5.32 Å². The molecule has 6 aromatic rings. The van der Waals surface area contributed by atoms with E-state index in [4.69, 9.17) is 42.6 Å². The number of aryl methyl sites for hydroxylation is 1. The Bertz CT molecular complexity index is 2680. The van der Waals surface area contributed by atoms with Gasteiger partial charge in [0.1, 0.15) is 42.7 Å². The molecule has 12 heteroatoms. The number of hydrogen-bond acceptors (Lipinski definition) is 11. The summed E-state index contributed by atoms with van der Waals surface area (Å²) in [6, 6.07) is 58.9. The van der Waals surface area contributed by atoms with E-state index in [2.05, 4.69) is 24.4 Å². The molecule has 1 heterocycles. The van der Waals surface area contributed by atoms with E-state index in [0.29, 0.717) is 19.4 Å². The first-order valence-electron chi connectivity index (χ1n) is 31.3. The van der Waals surface area contributed by atoms with Gasteiger partial charge in [0, 0.05) is 6.42 Å². The van der Waals surface area contributed by atoms with Crippen LogP contribution in [0.3, 0.4) is 0 Å². The van der Waals surface area contributed by atoms with Crippen molar-refractivity contribution in [3.63, 3.8) is 0 Å². The molecule has 1 fully saturated rings. The third-order valence-electron chi connectivity index (χ3n) is 15.2. The Morgan fingerprint density at radius 1 is 0.482 bits per heavy atom. The van der Waals surface area contributed by atoms with Gasteiger partial charge in [-0.1, -0.05) is 266 Å². The lowest BCUT2D eigenvalue weighted by atomic mass is 9.97. The molecule has 12 nitrogen and oxygen atoms in total. The van der Waals surface area contributed by atoms with Crippen LogP contribution in [-0.2, 0) is 86.9 Å². The Morgan fingerprint density at radius 3 is 1.36 bits per heavy atom. The SMILES string of the molecule is CCCCCCCCCCCCCC[C@@H](OCc1ccccc1)[C@@H](OCc1ccccc1)[C@H](CO[C@H]1O[C@H](COC(=O)CCc2ccccc2)[C@H](OCc2ccccc2)[C@H](OCc2ccccc2)[C@H]1OCc1ccccc1)NC(=O)OC(C)(C)C. The quantitative estimate of drug-likeness (QED) is 0.0292. The first-order chi connectivity index (χ1) is 41.6. The Balaban J connectivity index is 1.22. The number of benzene rings is 6. The van der Waals surface area contributed by atoms with Gasteiger partial charge in [-0.05, 0) is 67.0 Å². The van der Waals surface area contributed by atoms with E-state index in [1.807, 2.05) is 191 Å². The number of hydrogen-bond donors (Lipinski definition) is 1. The molecule has 0 bridgehead atoms. The molecule has 1 N–H and O–H groups in total. The Morgan fingerprint density at radius 2 is 0.894 bits per heavy atom. The summed E-state index contributed by atoms with van der Waals surface area (Å²) >= 11 is 0. The molecule has 7 rings (SSSR count). The van der Waals surface area contributed by atoms with Gasteiger partial charge >= 0.3 is 12.1 Å². The number of amides is 1. The van der Waals surface area contributed by atoms with Gasteiger partial charge in [0.2, 0.25) is 0 Å². The molecule has 8 atom stereocenters. The molecule has 0 radical (unpaired) electrons. The van der Waals surface area contributed by atoms with E-state index in [-0.39, 0.29) is 52.0 Å². The van der Waals surface area contributed by atoms with E-state index < -0.39 is 60.6 Å². The zero-order chi connectivity index (χ0) is 59.6. The van der Waals surface area contributed by atoms with Crippen LogP contribution in [0.1, 0.15) is 151 Å². The molecule has 1 aliphatic heterocycles. The van der Waals surface area contributed by atoms with Gasteiger partial charge in [-0.15, -0.1) is 0 Å². The highest BCUT2D eigenvalue weighted by atomic mass is 16.7. The fraction of sp³-hybridized carbons (Fsp3) is 0.479. The largest absolute Gasteiger partial charge is 0.463 e. The van der Waals surface area contributed by atoms with Crippen LogP contribution in [0.25, 0.3) is 0 Å². The van der Waals surface area contributed by atoms with Gasteiger partial charge in [-0.25, -0.2) is 4.79 Å². The van der Waals surface area contributed by atoms with Crippen LogP contribution in [0.15, 0.2) is 182 Å². The number of carbonyl (C=O) groups is 2. The maximum atomic E-state index is 14.3. The van der Waals surface area contributed by atoms with Crippen LogP contribution in [0.2, 0.25) is 0 Å². The number of carbonyl (C=O) groups excluding carboxylic acids is 2. The summed E-state index contributed by atoms with van der Waals surface area (Å²) in [5, 5.41) is 3.22. The van der Waals surface area contributed by atoms with Crippen molar-refractivity contribution in [3.05, 3.63) is 215 Å². The molecule has 1 aliphatic rings. The first kappa shape index (κ1) is 66.3. The van der Waals surface area contributed by atoms with E-state index in [0.717, 1.165) is 52.6 Å². The van der Waals surface area contributed by atoms with Crippen molar-refractivity contribution in [3.8, 4) is 0 Å². The van der Waals surface area contributed by atoms with Crippen molar-refractivity contribution < 1.29 is 52.2 Å². The predicted molar refractivity (Wildman–Crippen MR) is 334 cm³/mol. The van der Waals surface area contributed by atoms with Crippen molar-refractivity contribution in [2.45, 2.75) is 212 Å². The van der Waals surface area contributed by atoms with E-state index in [1.54, 1.807) is 0 Å². The third kappa shape index (κ3) is 25.3. The first-order valence-corrected chi connectivity index (χ1v) is 31.3. The van der Waals surface area contributed by atoms with Crippen LogP contribution >= 0.6 is 0 Å². The Labute approximate surface area is 507 Å². The van der Waals surface area contributed by atoms with Crippen LogP contribution in [-0.4, -0.2) is 79.8 Å². The number of alkyl carbamates (subject to hydrolysis) is 1. The molecule has 1 amide bonds. The fourth-order valence-electron chi connectivity index (χ4n) is 10.6. The molecule has 458 valence electrons. The van der Waals surface area contributed by atoms with Crippen LogP contribution in [0.4, 0.5) is 4.79 Å². The lowest BCUT2D eigenvalue weighted by Crippen LogP contribution is -2.62. The molecule has 0 unspecified atom stereocenters. The topological polar surface area (TPSA) is 129 Å². The second-order valence-corrected chi connectivity index (χ2v) is 23.4. The lowest BCUT2D eigenvalue weighted by Gasteiger charge is -2.46. The standard InChI is InChI=1S/C73H95NO11/c1-5-6-7-8-9-10-11-12-13-14-15-34-47-64(77-50-58-37-24-17-25-38-58)67(79-51-59-39-26-18-27-40-59)63(74-72(76)85-73(2,3)4)55-83-71-70(82-54-62-45-32-21-33-46-62)69(81-53-61-43-30-20-31-44-61)68(80-52-60-41-28-19-29-42-60)65(84-71)56-78-66(75)49-48-57-35-22-16-23-36-57/h16-33,35-46,63-65,67-71H,5-15,34,47-56H2,1-4H3,(H,74,76)/t63-,64+,65+,67-,68-,69-,70+,71-/m0/s1. The zero-order valence-electron chi connectivity index (χ0n) is 51.0. The molecule has 6 aromatic carbocycles. The smallest absolute Gasteiger partial charge is 0.408 e. The predicted octanol–water partition coefficient (Wildman–Crippen LogP) is 15.8. The number of rotatable bonds is 39. The lowest BCUT2D eigenvalue weighted by molar-refractivity contribution is -0.328. The zero-order valence-corrected chi connectivity index (χ0v) is 51.0. The Kier molecular flexibility index (Phi) is 29.7. The van der Waals surface area contributed by atoms with Crippen LogP contribution in [0, 0.1) is 0 Å². The summed E-state index contributed by atoms with van der Waals surface area (Å²) in [5.74, 6) is -0.384. The molecule has 0 aliphatic carbocycles. The van der Waals surface area contributed by atoms with E-state index in [1.165, 1.54) is 57.8 Å². The third-order valence-corrected chi connectivity index (χ3v) is 15.2. The van der Waals surface area contributed by atoms with Gasteiger partial charge in [0.05, 0.1) is 51.8 Å². The number of nitrogens with one attached hydrogen (secondary N) is 1. The highest BCUT2D eigenvalue weighted by molar-refractivity contribution is 5.69. The second-order valence-electron chi connectivity index (χ2n) is 23.4. The molecule has 0 aromatic heterocycles. The fourth-order valence-corrected chi connectivity index (χ4v) is 10.6. The summed E-state index contributed by atoms with van der Waals surface area (Å²) in [6.07, 6.45) is 9.40. The maximum Gasteiger partial charge on any atom is 0.408 e. The van der Waals surface area contributed by atoms with Crippen molar-refractivity contribution in [2.75, 3.05) is 13.2 Å². The van der Waals surface area contributed by atoms with Crippen molar-refractivity contribution in [2.24, 2.45) is 0 Å². The summed E-state index contributed by atoms with van der Waals surface area (Å²) in [5.41, 5.74) is 4.99. The Hall–Kier alpha value is -6.22. The number of esters is 1. The molecule has 0 saturated carbocycles. The van der Waals surface area contributed by atoms with E-state index in [9.17, 15) is 9.59 Å². The molecule has 1 saturated heterocycles. The highest BCUT2D eigenvalue weighted by Gasteiger charge is 2.50. The minimum absolute atomic E-state index is 0.136. The maximum absolute atomic E-state index is 14.3. The highest BCUT2D eigenvalue weighted by Crippen LogP contribution is 2.33. The minimum Gasteiger partial charge on any atom is -0.463 e. The molecular formula is C73H95NO11. The number of ether oxygens (including phenoxy) is 9. The number of unbranched alkanes of at least 4 members (excludes halogenated alkanes) is 11. The van der Waals surface area contributed by atoms with Crippen molar-refractivity contribution >= 4 is 12.1 Å². The summed E-state index contributed by atoms with van der Waals surface area (Å²) in [7, 11) is 0. The normalized spacial score (nSPS) is 18.0. The average Bonchev–Trinajstić information content (AvgIpc) is 2.35.